The summed E-state index contributed by atoms with van der Waals surface area (Å²) in [6.45, 7) is 2.91. The van der Waals surface area contributed by atoms with Gasteiger partial charge in [-0.1, -0.05) is 184 Å². The van der Waals surface area contributed by atoms with Gasteiger partial charge in [-0.15, -0.1) is 0 Å². The maximum absolute atomic E-state index is 11.9. The summed E-state index contributed by atoms with van der Waals surface area (Å²) in [6, 6.07) is 9.83. The van der Waals surface area contributed by atoms with Crippen molar-refractivity contribution in [3.05, 3.63) is 48.0 Å². The molecule has 4 nitrogen and oxygen atoms in total. The van der Waals surface area contributed by atoms with E-state index in [2.05, 4.69) is 19.1 Å². The van der Waals surface area contributed by atoms with Crippen LogP contribution in [0.1, 0.15) is 186 Å². The van der Waals surface area contributed by atoms with Gasteiger partial charge in [0.1, 0.15) is 12.7 Å². The molecule has 0 aromatic heterocycles. The largest absolute Gasteiger partial charge is 0.463 e. The lowest BCUT2D eigenvalue weighted by molar-refractivity contribution is -0.148. The van der Waals surface area contributed by atoms with Gasteiger partial charge in [0.2, 0.25) is 0 Å². The fourth-order valence-corrected chi connectivity index (χ4v) is 5.83. The van der Waals surface area contributed by atoms with E-state index in [0.717, 1.165) is 18.4 Å². The van der Waals surface area contributed by atoms with Gasteiger partial charge in [-0.05, 0) is 37.7 Å². The average molecular weight is 629 g/mol. The van der Waals surface area contributed by atoms with Crippen LogP contribution < -0.4 is 0 Å². The van der Waals surface area contributed by atoms with Crippen molar-refractivity contribution in [2.24, 2.45) is 0 Å². The Balaban J connectivity index is 1.72. The normalized spacial score (nSPS) is 12.2. The second-order valence-electron chi connectivity index (χ2n) is 13.3. The lowest BCUT2D eigenvalue weighted by atomic mass is 10.0. The molecule has 0 amide bonds. The van der Waals surface area contributed by atoms with Crippen molar-refractivity contribution < 1.29 is 19.4 Å². The first-order valence-electron chi connectivity index (χ1n) is 19.3. The number of hydrogen-bond donors (Lipinski definition) is 1. The number of rotatable bonds is 34. The van der Waals surface area contributed by atoms with Crippen LogP contribution in [0.25, 0.3) is 0 Å². The molecule has 0 unspecified atom stereocenters. The smallest absolute Gasteiger partial charge is 0.305 e. The number of hydrogen-bond acceptors (Lipinski definition) is 4. The highest BCUT2D eigenvalue weighted by atomic mass is 16.5. The zero-order chi connectivity index (χ0) is 32.3. The Labute approximate surface area is 279 Å². The van der Waals surface area contributed by atoms with Gasteiger partial charge in [-0.25, -0.2) is 0 Å². The van der Waals surface area contributed by atoms with Crippen molar-refractivity contribution in [2.75, 3.05) is 13.2 Å². The van der Waals surface area contributed by atoms with Gasteiger partial charge in [0.25, 0.3) is 0 Å². The molecule has 0 saturated heterocycles. The van der Waals surface area contributed by atoms with E-state index in [1.165, 1.54) is 154 Å². The molecule has 1 rings (SSSR count). The van der Waals surface area contributed by atoms with Crippen LogP contribution in [-0.2, 0) is 20.9 Å². The second kappa shape index (κ2) is 33.7. The summed E-state index contributed by atoms with van der Waals surface area (Å²) >= 11 is 0. The maximum atomic E-state index is 11.9. The van der Waals surface area contributed by atoms with Crippen LogP contribution in [-0.4, -0.2) is 30.4 Å². The van der Waals surface area contributed by atoms with E-state index in [4.69, 9.17) is 9.47 Å². The highest BCUT2D eigenvalue weighted by Gasteiger charge is 2.09. The van der Waals surface area contributed by atoms with Gasteiger partial charge < -0.3 is 14.6 Å². The molecule has 45 heavy (non-hydrogen) atoms. The van der Waals surface area contributed by atoms with Crippen molar-refractivity contribution in [1.82, 2.24) is 0 Å². The number of ether oxygens (including phenoxy) is 2. The number of carbonyl (C=O) groups excluding carboxylic acids is 1. The van der Waals surface area contributed by atoms with Gasteiger partial charge in [-0.2, -0.15) is 0 Å². The fraction of sp³-hybridized carbons (Fsp3) is 0.780. The Hall–Kier alpha value is -1.65. The van der Waals surface area contributed by atoms with Crippen molar-refractivity contribution in [3.8, 4) is 0 Å². The number of esters is 1. The van der Waals surface area contributed by atoms with Crippen LogP contribution >= 0.6 is 0 Å². The van der Waals surface area contributed by atoms with Crippen LogP contribution in [0.4, 0.5) is 0 Å². The number of benzene rings is 1. The number of aliphatic hydroxyl groups is 1. The highest BCUT2D eigenvalue weighted by Crippen LogP contribution is 2.15. The molecular formula is C41H72O4. The minimum absolute atomic E-state index is 0.000673. The Kier molecular flexibility index (Phi) is 31.0. The summed E-state index contributed by atoms with van der Waals surface area (Å²) < 4.78 is 10.7. The molecule has 1 atom stereocenters. The summed E-state index contributed by atoms with van der Waals surface area (Å²) in [7, 11) is 0. The van der Waals surface area contributed by atoms with E-state index in [-0.39, 0.29) is 19.2 Å². The van der Waals surface area contributed by atoms with Gasteiger partial charge >= 0.3 is 5.97 Å². The zero-order valence-corrected chi connectivity index (χ0v) is 29.5. The Morgan fingerprint density at radius 2 is 1.02 bits per heavy atom. The summed E-state index contributed by atoms with van der Waals surface area (Å²) in [4.78, 5) is 11.9. The van der Waals surface area contributed by atoms with E-state index in [1.54, 1.807) is 0 Å². The molecule has 0 bridgehead atoms. The minimum Gasteiger partial charge on any atom is -0.463 e. The monoisotopic (exact) mass is 629 g/mol. The van der Waals surface area contributed by atoms with E-state index in [9.17, 15) is 9.90 Å². The molecule has 0 heterocycles. The van der Waals surface area contributed by atoms with Gasteiger partial charge in [-0.3, -0.25) is 4.79 Å². The lowest BCUT2D eigenvalue weighted by Gasteiger charge is -2.12. The van der Waals surface area contributed by atoms with Crippen LogP contribution in [0.5, 0.6) is 0 Å². The summed E-state index contributed by atoms with van der Waals surface area (Å²) in [5.41, 5.74) is 1.06. The van der Waals surface area contributed by atoms with E-state index < -0.39 is 6.10 Å². The molecule has 0 aliphatic heterocycles. The third-order valence-corrected chi connectivity index (χ3v) is 8.75. The molecular weight excluding hydrogens is 556 g/mol. The molecule has 0 aliphatic rings. The molecule has 0 radical (unpaired) electrons. The fourth-order valence-electron chi connectivity index (χ4n) is 5.83. The predicted octanol–water partition coefficient (Wildman–Crippen LogP) is 12.2. The third-order valence-electron chi connectivity index (χ3n) is 8.75. The molecule has 260 valence electrons. The third kappa shape index (κ3) is 30.8. The van der Waals surface area contributed by atoms with Crippen LogP contribution in [0, 0.1) is 0 Å². The average Bonchev–Trinajstić information content (AvgIpc) is 3.05. The molecule has 0 fully saturated rings. The van der Waals surface area contributed by atoms with Gasteiger partial charge in [0.05, 0.1) is 13.2 Å². The Bertz CT molecular complexity index is 762. The van der Waals surface area contributed by atoms with Crippen LogP contribution in [0.3, 0.4) is 0 Å². The van der Waals surface area contributed by atoms with E-state index in [0.29, 0.717) is 13.0 Å². The van der Waals surface area contributed by atoms with Gasteiger partial charge in [0.15, 0.2) is 0 Å². The second-order valence-corrected chi connectivity index (χ2v) is 13.3. The quantitative estimate of drug-likeness (QED) is 0.0469. The molecule has 0 aliphatic carbocycles. The molecule has 0 spiro atoms. The van der Waals surface area contributed by atoms with E-state index >= 15 is 0 Å². The summed E-state index contributed by atoms with van der Waals surface area (Å²) in [6.07, 6.45) is 39.6. The van der Waals surface area contributed by atoms with Crippen molar-refractivity contribution >= 4 is 5.97 Å². The van der Waals surface area contributed by atoms with Crippen molar-refractivity contribution in [1.29, 1.82) is 0 Å². The summed E-state index contributed by atoms with van der Waals surface area (Å²) in [5.74, 6) is -0.225. The number of aliphatic hydroxyl groups excluding tert-OH is 1. The molecule has 4 heteroatoms. The molecule has 0 saturated carbocycles. The number of unbranched alkanes of at least 4 members (excludes halogenated alkanes) is 24. The molecule has 1 aromatic carbocycles. The first kappa shape index (κ1) is 41.4. The number of allylic oxidation sites excluding steroid dienone is 2. The number of carbonyl (C=O) groups is 1. The minimum atomic E-state index is -0.782. The van der Waals surface area contributed by atoms with Crippen LogP contribution in [0.15, 0.2) is 42.5 Å². The maximum Gasteiger partial charge on any atom is 0.305 e. The molecule has 1 aromatic rings. The SMILES string of the molecule is CCCCCCCCCCCCCCCCCCCC/C=C/CCCCCCCCC(=O)OC[C@@H](O)COCc1ccccc1. The standard InChI is InChI=1S/C41H72O4/c1-2-3-4-5-6-7-8-9-10-11-12-13-14-15-16-17-18-19-20-21-22-23-24-25-26-27-28-32-35-41(43)45-38-40(42)37-44-36-39-33-30-29-31-34-39/h21-22,29-31,33-34,40,42H,2-20,23-28,32,35-38H2,1H3/b22-21+/t40-/m0/s1. The topological polar surface area (TPSA) is 55.8 Å². The van der Waals surface area contributed by atoms with Crippen LogP contribution in [0.2, 0.25) is 0 Å². The Morgan fingerprint density at radius 1 is 0.600 bits per heavy atom. The van der Waals surface area contributed by atoms with Crippen molar-refractivity contribution in [2.45, 2.75) is 193 Å². The Morgan fingerprint density at radius 3 is 1.49 bits per heavy atom. The van der Waals surface area contributed by atoms with Gasteiger partial charge in [0, 0.05) is 6.42 Å². The zero-order valence-electron chi connectivity index (χ0n) is 29.5. The first-order valence-corrected chi connectivity index (χ1v) is 19.3. The predicted molar refractivity (Wildman–Crippen MR) is 193 cm³/mol. The summed E-state index contributed by atoms with van der Waals surface area (Å²) in [5, 5.41) is 9.95. The van der Waals surface area contributed by atoms with Crippen molar-refractivity contribution in [3.63, 3.8) is 0 Å². The first-order chi connectivity index (χ1) is 22.2. The highest BCUT2D eigenvalue weighted by molar-refractivity contribution is 5.69. The van der Waals surface area contributed by atoms with E-state index in [1.807, 2.05) is 30.3 Å². The molecule has 1 N–H and O–H groups in total. The lowest BCUT2D eigenvalue weighted by Crippen LogP contribution is -2.23.